The first-order chi connectivity index (χ1) is 13.2. The Morgan fingerprint density at radius 3 is 2.46 bits per heavy atom. The zero-order chi connectivity index (χ0) is 19.2. The molecule has 1 N–H and O–H groups in total. The Balaban J connectivity index is 0.00000280. The van der Waals surface area contributed by atoms with Crippen LogP contribution >= 0.6 is 24.0 Å². The van der Waals surface area contributed by atoms with Crippen molar-refractivity contribution in [2.24, 2.45) is 12.0 Å². The fraction of sp³-hybridized carbons (Fsp3) is 0.550. The molecule has 0 saturated carbocycles. The number of aromatic nitrogens is 3. The predicted molar refractivity (Wildman–Crippen MR) is 126 cm³/mol. The minimum absolute atomic E-state index is 0. The molecule has 2 aromatic heterocycles. The van der Waals surface area contributed by atoms with Gasteiger partial charge >= 0.3 is 0 Å². The Kier molecular flexibility index (Phi) is 8.53. The zero-order valence-electron chi connectivity index (χ0n) is 17.4. The van der Waals surface area contributed by atoms with Gasteiger partial charge in [0.2, 0.25) is 0 Å². The lowest BCUT2D eigenvalue weighted by atomic mass is 10.1. The third-order valence-electron chi connectivity index (χ3n) is 5.22. The van der Waals surface area contributed by atoms with Crippen molar-refractivity contribution in [3.63, 3.8) is 0 Å². The zero-order valence-corrected chi connectivity index (χ0v) is 19.7. The highest BCUT2D eigenvalue weighted by atomic mass is 127. The summed E-state index contributed by atoms with van der Waals surface area (Å²) in [5.41, 5.74) is 3.79. The number of aryl methyl sites for hydroxylation is 2. The van der Waals surface area contributed by atoms with E-state index >= 15 is 0 Å². The lowest BCUT2D eigenvalue weighted by molar-refractivity contribution is 0.371. The maximum absolute atomic E-state index is 4.67. The van der Waals surface area contributed by atoms with E-state index in [1.54, 1.807) is 0 Å². The number of pyridine rings is 1. The number of guanidine groups is 1. The standard InChI is InChI=1S/C20H31N7.HI/c1-5-17-16(18(6-2)25(4)24-17)15-23-20(21-3)27-13-11-26(12-14-27)19-9-7-8-10-22-19;/h7-10H,5-6,11-15H2,1-4H3,(H,21,23);1H. The maximum atomic E-state index is 4.67. The van der Waals surface area contributed by atoms with E-state index in [1.807, 2.05) is 37.1 Å². The number of nitrogens with one attached hydrogen (secondary N) is 1. The molecule has 1 aliphatic heterocycles. The fourth-order valence-corrected chi connectivity index (χ4v) is 3.78. The van der Waals surface area contributed by atoms with Crippen molar-refractivity contribution in [2.75, 3.05) is 38.1 Å². The number of hydrogen-bond acceptors (Lipinski definition) is 4. The molecule has 0 atom stereocenters. The topological polar surface area (TPSA) is 61.6 Å². The van der Waals surface area contributed by atoms with Gasteiger partial charge in [0.15, 0.2) is 5.96 Å². The van der Waals surface area contributed by atoms with Gasteiger partial charge in [-0.25, -0.2) is 4.98 Å². The van der Waals surface area contributed by atoms with Gasteiger partial charge < -0.3 is 15.1 Å². The highest BCUT2D eigenvalue weighted by molar-refractivity contribution is 14.0. The second-order valence-corrected chi connectivity index (χ2v) is 6.77. The maximum Gasteiger partial charge on any atom is 0.194 e. The monoisotopic (exact) mass is 497 g/mol. The average molecular weight is 497 g/mol. The first-order valence-corrected chi connectivity index (χ1v) is 9.83. The molecule has 8 heteroatoms. The lowest BCUT2D eigenvalue weighted by Crippen LogP contribution is -2.52. The van der Waals surface area contributed by atoms with Crippen molar-refractivity contribution in [3.8, 4) is 0 Å². The minimum atomic E-state index is 0. The van der Waals surface area contributed by atoms with Crippen LogP contribution in [0.1, 0.15) is 30.8 Å². The van der Waals surface area contributed by atoms with Crippen LogP contribution < -0.4 is 10.2 Å². The van der Waals surface area contributed by atoms with Crippen molar-refractivity contribution in [1.82, 2.24) is 25.0 Å². The molecule has 0 unspecified atom stereocenters. The van der Waals surface area contributed by atoms with Crippen LogP contribution in [0.3, 0.4) is 0 Å². The predicted octanol–water partition coefficient (Wildman–Crippen LogP) is 2.46. The number of piperazine rings is 1. The van der Waals surface area contributed by atoms with Crippen LogP contribution in [0, 0.1) is 0 Å². The summed E-state index contributed by atoms with van der Waals surface area (Å²) in [5, 5.41) is 8.23. The summed E-state index contributed by atoms with van der Waals surface area (Å²) < 4.78 is 2.02. The Bertz CT molecular complexity index is 764. The molecular weight excluding hydrogens is 465 g/mol. The number of nitrogens with zero attached hydrogens (tertiary/aromatic N) is 6. The number of anilines is 1. The molecular formula is C20H32IN7. The van der Waals surface area contributed by atoms with Crippen LogP contribution in [0.15, 0.2) is 29.4 Å². The van der Waals surface area contributed by atoms with E-state index in [-0.39, 0.29) is 24.0 Å². The second kappa shape index (κ2) is 10.6. The summed E-state index contributed by atoms with van der Waals surface area (Å²) in [6.45, 7) is 8.89. The van der Waals surface area contributed by atoms with Crippen LogP contribution in [-0.4, -0.2) is 58.9 Å². The van der Waals surface area contributed by atoms with E-state index in [1.165, 1.54) is 17.0 Å². The van der Waals surface area contributed by atoms with E-state index in [9.17, 15) is 0 Å². The quantitative estimate of drug-likeness (QED) is 0.391. The van der Waals surface area contributed by atoms with Crippen molar-refractivity contribution in [2.45, 2.75) is 33.2 Å². The van der Waals surface area contributed by atoms with E-state index < -0.39 is 0 Å². The molecule has 28 heavy (non-hydrogen) atoms. The molecule has 154 valence electrons. The second-order valence-electron chi connectivity index (χ2n) is 6.77. The van der Waals surface area contributed by atoms with Gasteiger partial charge in [0.25, 0.3) is 0 Å². The van der Waals surface area contributed by atoms with Gasteiger partial charge in [-0.1, -0.05) is 19.9 Å². The van der Waals surface area contributed by atoms with Crippen molar-refractivity contribution in [1.29, 1.82) is 0 Å². The molecule has 7 nitrogen and oxygen atoms in total. The van der Waals surface area contributed by atoms with Gasteiger partial charge in [-0.05, 0) is 25.0 Å². The minimum Gasteiger partial charge on any atom is -0.353 e. The Labute approximate surface area is 185 Å². The number of halogens is 1. The summed E-state index contributed by atoms with van der Waals surface area (Å²) >= 11 is 0. The molecule has 3 heterocycles. The third kappa shape index (κ3) is 4.95. The largest absolute Gasteiger partial charge is 0.353 e. The molecule has 1 fully saturated rings. The smallest absolute Gasteiger partial charge is 0.194 e. The van der Waals surface area contributed by atoms with Crippen LogP contribution in [0.25, 0.3) is 0 Å². The summed E-state index contributed by atoms with van der Waals surface area (Å²) in [5.74, 6) is 2.01. The molecule has 0 spiro atoms. The van der Waals surface area contributed by atoms with Crippen LogP contribution in [0.2, 0.25) is 0 Å². The molecule has 2 aromatic rings. The SMILES string of the molecule is CCc1nn(C)c(CC)c1CNC(=NC)N1CCN(c2ccccn2)CC1.I. The highest BCUT2D eigenvalue weighted by Crippen LogP contribution is 2.16. The van der Waals surface area contributed by atoms with Crippen molar-refractivity contribution >= 4 is 35.8 Å². The van der Waals surface area contributed by atoms with Gasteiger partial charge in [-0.2, -0.15) is 5.10 Å². The molecule has 1 aliphatic rings. The normalized spacial score (nSPS) is 14.8. The highest BCUT2D eigenvalue weighted by Gasteiger charge is 2.21. The average Bonchev–Trinajstić information content (AvgIpc) is 3.04. The Morgan fingerprint density at radius 1 is 1.14 bits per heavy atom. The summed E-state index contributed by atoms with van der Waals surface area (Å²) in [4.78, 5) is 13.6. The first kappa shape index (κ1) is 22.4. The van der Waals surface area contributed by atoms with Gasteiger partial charge in [0.1, 0.15) is 5.82 Å². The van der Waals surface area contributed by atoms with E-state index in [0.29, 0.717) is 0 Å². The van der Waals surface area contributed by atoms with Gasteiger partial charge in [-0.3, -0.25) is 9.67 Å². The summed E-state index contributed by atoms with van der Waals surface area (Å²) in [6.07, 6.45) is 3.79. The van der Waals surface area contributed by atoms with Crippen molar-refractivity contribution in [3.05, 3.63) is 41.3 Å². The summed E-state index contributed by atoms with van der Waals surface area (Å²) in [7, 11) is 3.89. The van der Waals surface area contributed by atoms with E-state index in [2.05, 4.69) is 50.1 Å². The number of rotatable bonds is 5. The van der Waals surface area contributed by atoms with E-state index in [0.717, 1.165) is 57.3 Å². The Hall–Kier alpha value is -1.84. The molecule has 0 aliphatic carbocycles. The Morgan fingerprint density at radius 2 is 1.89 bits per heavy atom. The van der Waals surface area contributed by atoms with Gasteiger partial charge in [-0.15, -0.1) is 24.0 Å². The number of aliphatic imine (C=N–C) groups is 1. The lowest BCUT2D eigenvalue weighted by Gasteiger charge is -2.37. The summed E-state index contributed by atoms with van der Waals surface area (Å²) in [6, 6.07) is 6.07. The third-order valence-corrected chi connectivity index (χ3v) is 5.22. The van der Waals surface area contributed by atoms with E-state index in [4.69, 9.17) is 0 Å². The molecule has 3 rings (SSSR count). The molecule has 0 amide bonds. The molecule has 0 aromatic carbocycles. The number of hydrogen-bond donors (Lipinski definition) is 1. The molecule has 0 bridgehead atoms. The first-order valence-electron chi connectivity index (χ1n) is 9.83. The molecule has 1 saturated heterocycles. The van der Waals surface area contributed by atoms with Crippen LogP contribution in [-0.2, 0) is 26.4 Å². The van der Waals surface area contributed by atoms with Gasteiger partial charge in [0, 0.05) is 64.3 Å². The van der Waals surface area contributed by atoms with Gasteiger partial charge in [0.05, 0.1) is 5.69 Å². The van der Waals surface area contributed by atoms with Crippen molar-refractivity contribution < 1.29 is 0 Å². The fourth-order valence-electron chi connectivity index (χ4n) is 3.78. The van der Waals surface area contributed by atoms with Crippen LogP contribution in [0.4, 0.5) is 5.82 Å². The molecule has 0 radical (unpaired) electrons. The van der Waals surface area contributed by atoms with Crippen LogP contribution in [0.5, 0.6) is 0 Å².